The lowest BCUT2D eigenvalue weighted by molar-refractivity contribution is 0.0143. The number of aliphatic hydroxyl groups excluding tert-OH is 2. The maximum absolute atomic E-state index is 11.6. The summed E-state index contributed by atoms with van der Waals surface area (Å²) in [5.74, 6) is 0. The van der Waals surface area contributed by atoms with Gasteiger partial charge in [-0.3, -0.25) is 0 Å². The highest BCUT2D eigenvalue weighted by atomic mass is 32.1. The summed E-state index contributed by atoms with van der Waals surface area (Å²) in [6, 6.07) is 1.98. The smallest absolute Gasteiger partial charge is 0.407 e. The SMILES string of the molecule is CCCCc1ccsc1C(O)C(O)CNC(=O)OC(C)(C)C. The fourth-order valence-electron chi connectivity index (χ4n) is 1.97. The molecule has 0 aliphatic carbocycles. The first-order chi connectivity index (χ1) is 10.2. The van der Waals surface area contributed by atoms with Crippen molar-refractivity contribution in [2.45, 2.75) is 64.8 Å². The standard InChI is InChI=1S/C16H27NO4S/c1-5-6-7-11-8-9-22-14(11)13(19)12(18)10-17-15(20)21-16(2,3)4/h8-9,12-13,18-19H,5-7,10H2,1-4H3,(H,17,20). The molecule has 1 amide bonds. The lowest BCUT2D eigenvalue weighted by atomic mass is 10.0. The van der Waals surface area contributed by atoms with Crippen LogP contribution in [0.5, 0.6) is 0 Å². The van der Waals surface area contributed by atoms with Crippen LogP contribution in [0.15, 0.2) is 11.4 Å². The number of carbonyl (C=O) groups is 1. The van der Waals surface area contributed by atoms with Crippen molar-refractivity contribution in [1.29, 1.82) is 0 Å². The summed E-state index contributed by atoms with van der Waals surface area (Å²) >= 11 is 1.43. The quantitative estimate of drug-likeness (QED) is 0.718. The molecule has 0 aliphatic heterocycles. The number of thiophene rings is 1. The van der Waals surface area contributed by atoms with Crippen molar-refractivity contribution in [3.05, 3.63) is 21.9 Å². The number of amides is 1. The molecule has 0 saturated heterocycles. The number of aliphatic hydroxyl groups is 2. The van der Waals surface area contributed by atoms with Gasteiger partial charge in [0.2, 0.25) is 0 Å². The minimum Gasteiger partial charge on any atom is -0.444 e. The molecule has 2 unspecified atom stereocenters. The molecule has 22 heavy (non-hydrogen) atoms. The van der Waals surface area contributed by atoms with Crippen molar-refractivity contribution in [2.24, 2.45) is 0 Å². The van der Waals surface area contributed by atoms with E-state index >= 15 is 0 Å². The summed E-state index contributed by atoms with van der Waals surface area (Å²) in [4.78, 5) is 12.3. The Balaban J connectivity index is 2.53. The Morgan fingerprint density at radius 2 is 2.09 bits per heavy atom. The van der Waals surface area contributed by atoms with Gasteiger partial charge in [0.1, 0.15) is 17.8 Å². The first kappa shape index (κ1) is 18.9. The van der Waals surface area contributed by atoms with Gasteiger partial charge in [0.25, 0.3) is 0 Å². The average Bonchev–Trinajstić information content (AvgIpc) is 2.88. The number of alkyl carbamates (subject to hydrolysis) is 1. The van der Waals surface area contributed by atoms with Crippen LogP contribution in [0.4, 0.5) is 4.79 Å². The van der Waals surface area contributed by atoms with E-state index in [4.69, 9.17) is 4.74 Å². The molecule has 0 aromatic carbocycles. The van der Waals surface area contributed by atoms with Crippen molar-refractivity contribution in [2.75, 3.05) is 6.54 Å². The number of carbonyl (C=O) groups excluding carboxylic acids is 1. The molecule has 126 valence electrons. The molecule has 0 radical (unpaired) electrons. The van der Waals surface area contributed by atoms with Crippen molar-refractivity contribution < 1.29 is 19.7 Å². The normalized spacial score (nSPS) is 14.5. The summed E-state index contributed by atoms with van der Waals surface area (Å²) < 4.78 is 5.10. The zero-order valence-electron chi connectivity index (χ0n) is 13.8. The highest BCUT2D eigenvalue weighted by Crippen LogP contribution is 2.28. The van der Waals surface area contributed by atoms with Gasteiger partial charge in [-0.1, -0.05) is 13.3 Å². The molecule has 2 atom stereocenters. The number of hydrogen-bond acceptors (Lipinski definition) is 5. The number of hydrogen-bond donors (Lipinski definition) is 3. The molecule has 0 fully saturated rings. The Bertz CT molecular complexity index is 467. The number of unbranched alkanes of at least 4 members (excludes halogenated alkanes) is 1. The van der Waals surface area contributed by atoms with Crippen molar-refractivity contribution in [3.63, 3.8) is 0 Å². The molecule has 5 nitrogen and oxygen atoms in total. The van der Waals surface area contributed by atoms with Crippen LogP contribution < -0.4 is 5.32 Å². The van der Waals surface area contributed by atoms with E-state index in [0.29, 0.717) is 0 Å². The molecule has 3 N–H and O–H groups in total. The van der Waals surface area contributed by atoms with Gasteiger partial charge in [0, 0.05) is 11.4 Å². The van der Waals surface area contributed by atoms with Crippen LogP contribution >= 0.6 is 11.3 Å². The van der Waals surface area contributed by atoms with E-state index in [1.54, 1.807) is 20.8 Å². The van der Waals surface area contributed by atoms with Crippen molar-refractivity contribution in [1.82, 2.24) is 5.32 Å². The second-order valence-electron chi connectivity index (χ2n) is 6.31. The van der Waals surface area contributed by atoms with Gasteiger partial charge in [-0.05, 0) is 50.6 Å². The number of nitrogens with one attached hydrogen (secondary N) is 1. The highest BCUT2D eigenvalue weighted by molar-refractivity contribution is 7.10. The predicted octanol–water partition coefficient (Wildman–Crippen LogP) is 3.01. The summed E-state index contributed by atoms with van der Waals surface area (Å²) in [6.07, 6.45) is 0.347. The zero-order valence-corrected chi connectivity index (χ0v) is 14.6. The molecule has 0 spiro atoms. The van der Waals surface area contributed by atoms with E-state index in [1.165, 1.54) is 11.3 Å². The summed E-state index contributed by atoms with van der Waals surface area (Å²) in [6.45, 7) is 7.36. The maximum atomic E-state index is 11.6. The molecule has 1 heterocycles. The molecule has 0 bridgehead atoms. The van der Waals surface area contributed by atoms with Gasteiger partial charge in [0.05, 0.1) is 0 Å². The topological polar surface area (TPSA) is 78.8 Å². The molecule has 0 aliphatic rings. The fourth-order valence-corrected chi connectivity index (χ4v) is 2.97. The van der Waals surface area contributed by atoms with Crippen LogP contribution in [0.2, 0.25) is 0 Å². The highest BCUT2D eigenvalue weighted by Gasteiger charge is 2.24. The van der Waals surface area contributed by atoms with Gasteiger partial charge in [-0.25, -0.2) is 4.79 Å². The third kappa shape index (κ3) is 6.34. The van der Waals surface area contributed by atoms with Crippen LogP contribution in [-0.4, -0.2) is 34.6 Å². The Morgan fingerprint density at radius 1 is 1.41 bits per heavy atom. The lowest BCUT2D eigenvalue weighted by Gasteiger charge is -2.22. The minimum absolute atomic E-state index is 0.0544. The van der Waals surface area contributed by atoms with Crippen LogP contribution in [-0.2, 0) is 11.2 Å². The van der Waals surface area contributed by atoms with E-state index in [0.717, 1.165) is 29.7 Å². The number of rotatable bonds is 7. The molecule has 6 heteroatoms. The second-order valence-corrected chi connectivity index (χ2v) is 7.26. The van der Waals surface area contributed by atoms with Gasteiger partial charge in [0.15, 0.2) is 0 Å². The minimum atomic E-state index is -1.06. The summed E-state index contributed by atoms with van der Waals surface area (Å²) in [7, 11) is 0. The molecule has 1 rings (SSSR count). The van der Waals surface area contributed by atoms with Crippen LogP contribution in [0.3, 0.4) is 0 Å². The molecule has 1 aromatic heterocycles. The average molecular weight is 329 g/mol. The molecular formula is C16H27NO4S. The monoisotopic (exact) mass is 329 g/mol. The largest absolute Gasteiger partial charge is 0.444 e. The predicted molar refractivity (Wildman–Crippen MR) is 88.1 cm³/mol. The van der Waals surface area contributed by atoms with Crippen LogP contribution in [0.1, 0.15) is 57.1 Å². The second kappa shape index (κ2) is 8.50. The molecular weight excluding hydrogens is 302 g/mol. The molecule has 1 aromatic rings. The molecule has 0 saturated carbocycles. The lowest BCUT2D eigenvalue weighted by Crippen LogP contribution is -2.38. The van der Waals surface area contributed by atoms with E-state index in [-0.39, 0.29) is 6.54 Å². The Morgan fingerprint density at radius 3 is 2.68 bits per heavy atom. The maximum Gasteiger partial charge on any atom is 0.407 e. The summed E-state index contributed by atoms with van der Waals surface area (Å²) in [5.41, 5.74) is 0.477. The summed E-state index contributed by atoms with van der Waals surface area (Å²) in [5, 5.41) is 24.7. The van der Waals surface area contributed by atoms with Crippen LogP contribution in [0.25, 0.3) is 0 Å². The van der Waals surface area contributed by atoms with Gasteiger partial charge in [-0.2, -0.15) is 0 Å². The third-order valence-corrected chi connectivity index (χ3v) is 4.10. The van der Waals surface area contributed by atoms with Gasteiger partial charge < -0.3 is 20.3 Å². The fraction of sp³-hybridized carbons (Fsp3) is 0.688. The van der Waals surface area contributed by atoms with E-state index in [1.807, 2.05) is 11.4 Å². The Labute approximate surface area is 136 Å². The first-order valence-corrected chi connectivity index (χ1v) is 8.51. The zero-order chi connectivity index (χ0) is 16.8. The van der Waals surface area contributed by atoms with E-state index < -0.39 is 23.9 Å². The Hall–Kier alpha value is -1.11. The van der Waals surface area contributed by atoms with Crippen LogP contribution in [0, 0.1) is 0 Å². The number of aryl methyl sites for hydroxylation is 1. The number of ether oxygens (including phenoxy) is 1. The third-order valence-electron chi connectivity index (χ3n) is 3.07. The first-order valence-electron chi connectivity index (χ1n) is 7.64. The Kier molecular flexibility index (Phi) is 7.32. The van der Waals surface area contributed by atoms with E-state index in [9.17, 15) is 15.0 Å². The van der Waals surface area contributed by atoms with Crippen molar-refractivity contribution in [3.8, 4) is 0 Å². The van der Waals surface area contributed by atoms with Gasteiger partial charge in [-0.15, -0.1) is 11.3 Å². The van der Waals surface area contributed by atoms with E-state index in [2.05, 4.69) is 12.2 Å². The van der Waals surface area contributed by atoms with Gasteiger partial charge >= 0.3 is 6.09 Å². The van der Waals surface area contributed by atoms with Crippen molar-refractivity contribution >= 4 is 17.4 Å².